The van der Waals surface area contributed by atoms with Crippen LogP contribution in [0.1, 0.15) is 50.6 Å². The van der Waals surface area contributed by atoms with E-state index in [1.54, 1.807) is 0 Å². The van der Waals surface area contributed by atoms with Crippen molar-refractivity contribution in [1.29, 1.82) is 0 Å². The number of aryl methyl sites for hydroxylation is 1. The van der Waals surface area contributed by atoms with Gasteiger partial charge in [0.2, 0.25) is 0 Å². The summed E-state index contributed by atoms with van der Waals surface area (Å²) in [5.41, 5.74) is 1.23. The fourth-order valence-electron chi connectivity index (χ4n) is 2.51. The molecule has 1 N–H and O–H groups in total. The van der Waals surface area contributed by atoms with Gasteiger partial charge in [-0.15, -0.1) is 0 Å². The van der Waals surface area contributed by atoms with Crippen LogP contribution in [0, 0.1) is 0 Å². The molecule has 1 heterocycles. The van der Waals surface area contributed by atoms with Gasteiger partial charge in [-0.2, -0.15) is 5.10 Å². The highest BCUT2D eigenvalue weighted by Crippen LogP contribution is 2.20. The average Bonchev–Trinajstić information content (AvgIpc) is 2.82. The molecule has 0 saturated heterocycles. The Balaban J connectivity index is 1.60. The molecule has 1 unspecified atom stereocenters. The molecule has 1 fully saturated rings. The third-order valence-electron chi connectivity index (χ3n) is 3.68. The van der Waals surface area contributed by atoms with Gasteiger partial charge in [0.15, 0.2) is 0 Å². The van der Waals surface area contributed by atoms with Crippen LogP contribution in [0.4, 0.5) is 0 Å². The zero-order valence-corrected chi connectivity index (χ0v) is 11.6. The Bertz CT molecular complexity index is 345. The van der Waals surface area contributed by atoms with E-state index in [2.05, 4.69) is 23.5 Å². The highest BCUT2D eigenvalue weighted by molar-refractivity contribution is 5.08. The van der Waals surface area contributed by atoms with Crippen molar-refractivity contribution in [3.63, 3.8) is 0 Å². The first-order valence-electron chi connectivity index (χ1n) is 7.09. The van der Waals surface area contributed by atoms with Gasteiger partial charge in [-0.05, 0) is 19.8 Å². The van der Waals surface area contributed by atoms with Crippen LogP contribution in [0.15, 0.2) is 12.4 Å². The Hall–Kier alpha value is -0.870. The maximum atomic E-state index is 5.89. The molecule has 1 aromatic rings. The highest BCUT2D eigenvalue weighted by Gasteiger charge is 2.13. The van der Waals surface area contributed by atoms with Gasteiger partial charge in [-0.3, -0.25) is 4.68 Å². The van der Waals surface area contributed by atoms with Crippen LogP contribution in [0.3, 0.4) is 0 Å². The quantitative estimate of drug-likeness (QED) is 0.789. The van der Waals surface area contributed by atoms with E-state index in [9.17, 15) is 0 Å². The number of nitrogens with one attached hydrogen (secondary N) is 1. The van der Waals surface area contributed by atoms with Crippen molar-refractivity contribution in [2.75, 3.05) is 13.2 Å². The van der Waals surface area contributed by atoms with E-state index >= 15 is 0 Å². The number of ether oxygens (including phenoxy) is 1. The molecule has 0 radical (unpaired) electrons. The van der Waals surface area contributed by atoms with Gasteiger partial charge >= 0.3 is 0 Å². The van der Waals surface area contributed by atoms with Gasteiger partial charge in [-0.1, -0.05) is 19.3 Å². The summed E-state index contributed by atoms with van der Waals surface area (Å²) < 4.78 is 7.73. The first kappa shape index (κ1) is 13.6. The van der Waals surface area contributed by atoms with E-state index in [0.29, 0.717) is 12.1 Å². The molecule has 4 heteroatoms. The van der Waals surface area contributed by atoms with Crippen LogP contribution < -0.4 is 5.32 Å². The minimum Gasteiger partial charge on any atom is -0.377 e. The summed E-state index contributed by atoms with van der Waals surface area (Å²) in [5.74, 6) is 0. The van der Waals surface area contributed by atoms with Crippen molar-refractivity contribution in [2.24, 2.45) is 7.05 Å². The molecule has 0 aliphatic heterocycles. The zero-order chi connectivity index (χ0) is 12.8. The number of hydrogen-bond donors (Lipinski definition) is 1. The van der Waals surface area contributed by atoms with Crippen molar-refractivity contribution in [3.05, 3.63) is 18.0 Å². The summed E-state index contributed by atoms with van der Waals surface area (Å²) in [4.78, 5) is 0. The third kappa shape index (κ3) is 4.10. The number of hydrogen-bond acceptors (Lipinski definition) is 3. The number of rotatable bonds is 6. The Morgan fingerprint density at radius 1 is 1.44 bits per heavy atom. The molecule has 2 rings (SSSR count). The van der Waals surface area contributed by atoms with Gasteiger partial charge in [0.25, 0.3) is 0 Å². The summed E-state index contributed by atoms with van der Waals surface area (Å²) in [7, 11) is 1.95. The summed E-state index contributed by atoms with van der Waals surface area (Å²) in [6.45, 7) is 3.89. The predicted octanol–water partition coefficient (Wildman–Crippen LogP) is 2.42. The van der Waals surface area contributed by atoms with E-state index in [-0.39, 0.29) is 0 Å². The molecule has 0 aromatic carbocycles. The van der Waals surface area contributed by atoms with E-state index in [0.717, 1.165) is 13.2 Å². The van der Waals surface area contributed by atoms with Crippen molar-refractivity contribution < 1.29 is 4.74 Å². The van der Waals surface area contributed by atoms with E-state index in [4.69, 9.17) is 4.74 Å². The lowest BCUT2D eigenvalue weighted by Crippen LogP contribution is -2.26. The molecule has 18 heavy (non-hydrogen) atoms. The smallest absolute Gasteiger partial charge is 0.0594 e. The molecular weight excluding hydrogens is 226 g/mol. The van der Waals surface area contributed by atoms with Gasteiger partial charge < -0.3 is 10.1 Å². The Morgan fingerprint density at radius 2 is 2.22 bits per heavy atom. The largest absolute Gasteiger partial charge is 0.377 e. The Labute approximate surface area is 110 Å². The molecular formula is C14H25N3O. The van der Waals surface area contributed by atoms with E-state index in [1.807, 2.05) is 17.9 Å². The minimum atomic E-state index is 0.341. The van der Waals surface area contributed by atoms with Gasteiger partial charge in [-0.25, -0.2) is 0 Å². The van der Waals surface area contributed by atoms with Crippen molar-refractivity contribution in [2.45, 2.75) is 51.2 Å². The van der Waals surface area contributed by atoms with Crippen LogP contribution in [-0.2, 0) is 11.8 Å². The number of aromatic nitrogens is 2. The maximum Gasteiger partial charge on any atom is 0.0594 e. The summed E-state index contributed by atoms with van der Waals surface area (Å²) in [6.07, 6.45) is 11.0. The van der Waals surface area contributed by atoms with Crippen molar-refractivity contribution in [1.82, 2.24) is 15.1 Å². The standard InChI is InChI=1S/C14H25N3O/c1-12(13-10-16-17(2)11-13)15-8-9-18-14-6-4-3-5-7-14/h10-12,14-15H,3-9H2,1-2H3. The molecule has 0 amide bonds. The second-order valence-corrected chi connectivity index (χ2v) is 5.25. The molecule has 102 valence electrons. The van der Waals surface area contributed by atoms with Gasteiger partial charge in [0.05, 0.1) is 18.9 Å². The lowest BCUT2D eigenvalue weighted by atomic mass is 9.98. The third-order valence-corrected chi connectivity index (χ3v) is 3.68. The van der Waals surface area contributed by atoms with Gasteiger partial charge in [0, 0.05) is 31.4 Å². The Morgan fingerprint density at radius 3 is 2.89 bits per heavy atom. The highest BCUT2D eigenvalue weighted by atomic mass is 16.5. The normalized spacial score (nSPS) is 19.0. The number of nitrogens with zero attached hydrogens (tertiary/aromatic N) is 2. The molecule has 1 saturated carbocycles. The predicted molar refractivity (Wildman–Crippen MR) is 72.5 cm³/mol. The second-order valence-electron chi connectivity index (χ2n) is 5.25. The second kappa shape index (κ2) is 6.90. The van der Waals surface area contributed by atoms with Crippen LogP contribution in [0.5, 0.6) is 0 Å². The van der Waals surface area contributed by atoms with Crippen LogP contribution in [0.2, 0.25) is 0 Å². The summed E-state index contributed by atoms with van der Waals surface area (Å²) in [5, 5.41) is 7.66. The first-order chi connectivity index (χ1) is 8.75. The topological polar surface area (TPSA) is 39.1 Å². The minimum absolute atomic E-state index is 0.341. The molecule has 4 nitrogen and oxygen atoms in total. The van der Waals surface area contributed by atoms with Crippen LogP contribution in [-0.4, -0.2) is 29.0 Å². The SMILES string of the molecule is CC(NCCOC1CCCCC1)c1cnn(C)c1. The van der Waals surface area contributed by atoms with E-state index in [1.165, 1.54) is 37.7 Å². The molecule has 0 bridgehead atoms. The van der Waals surface area contributed by atoms with E-state index < -0.39 is 0 Å². The molecule has 0 spiro atoms. The Kier molecular flexibility index (Phi) is 5.20. The van der Waals surface area contributed by atoms with Crippen molar-refractivity contribution >= 4 is 0 Å². The van der Waals surface area contributed by atoms with Crippen LogP contribution >= 0.6 is 0 Å². The fourth-order valence-corrected chi connectivity index (χ4v) is 2.51. The van der Waals surface area contributed by atoms with Gasteiger partial charge in [0.1, 0.15) is 0 Å². The monoisotopic (exact) mass is 251 g/mol. The fraction of sp³-hybridized carbons (Fsp3) is 0.786. The first-order valence-corrected chi connectivity index (χ1v) is 7.09. The molecule has 1 aromatic heterocycles. The molecule has 1 aliphatic rings. The van der Waals surface area contributed by atoms with Crippen LogP contribution in [0.25, 0.3) is 0 Å². The molecule has 1 atom stereocenters. The zero-order valence-electron chi connectivity index (χ0n) is 11.6. The lowest BCUT2D eigenvalue weighted by molar-refractivity contribution is 0.0295. The van der Waals surface area contributed by atoms with Crippen molar-refractivity contribution in [3.8, 4) is 0 Å². The summed E-state index contributed by atoms with van der Waals surface area (Å²) >= 11 is 0. The summed E-state index contributed by atoms with van der Waals surface area (Å²) in [6, 6.07) is 0.341. The average molecular weight is 251 g/mol. The lowest BCUT2D eigenvalue weighted by Gasteiger charge is -2.22. The maximum absolute atomic E-state index is 5.89. The molecule has 1 aliphatic carbocycles.